The van der Waals surface area contributed by atoms with Crippen LogP contribution >= 0.6 is 0 Å². The zero-order valence-corrected chi connectivity index (χ0v) is 7.52. The monoisotopic (exact) mass is 185 g/mol. The van der Waals surface area contributed by atoms with E-state index < -0.39 is 12.2 Å². The summed E-state index contributed by atoms with van der Waals surface area (Å²) in [6, 6.07) is 0.0321. The summed E-state index contributed by atoms with van der Waals surface area (Å²) in [6.45, 7) is 0. The van der Waals surface area contributed by atoms with Gasteiger partial charge in [0, 0.05) is 6.04 Å². The highest BCUT2D eigenvalue weighted by Crippen LogP contribution is 2.33. The summed E-state index contributed by atoms with van der Waals surface area (Å²) >= 11 is 0. The van der Waals surface area contributed by atoms with E-state index in [1.807, 2.05) is 0 Å². The highest BCUT2D eigenvalue weighted by Gasteiger charge is 2.41. The molecule has 2 saturated heterocycles. The van der Waals surface area contributed by atoms with Gasteiger partial charge in [0.25, 0.3) is 0 Å². The predicted molar refractivity (Wildman–Crippen MR) is 46.5 cm³/mol. The zero-order chi connectivity index (χ0) is 9.42. The Morgan fingerprint density at radius 3 is 2.62 bits per heavy atom. The smallest absolute Gasteiger partial charge is 0.407 e. The number of fused-ring (bicyclic) bond motifs is 2. The van der Waals surface area contributed by atoms with Gasteiger partial charge in [-0.2, -0.15) is 0 Å². The molecule has 2 aliphatic heterocycles. The number of aliphatic hydroxyl groups excluding tert-OH is 1. The first-order valence-corrected chi connectivity index (χ1v) is 4.89. The van der Waals surface area contributed by atoms with Crippen LogP contribution in [0.4, 0.5) is 4.79 Å². The summed E-state index contributed by atoms with van der Waals surface area (Å²) in [4.78, 5) is 12.4. The molecule has 2 heterocycles. The number of amides is 1. The van der Waals surface area contributed by atoms with Gasteiger partial charge in [-0.25, -0.2) is 4.79 Å². The topological polar surface area (TPSA) is 60.8 Å². The van der Waals surface area contributed by atoms with Gasteiger partial charge in [0.2, 0.25) is 0 Å². The van der Waals surface area contributed by atoms with Gasteiger partial charge in [-0.05, 0) is 32.1 Å². The van der Waals surface area contributed by atoms with E-state index in [1.165, 1.54) is 4.90 Å². The second kappa shape index (κ2) is 3.18. The summed E-state index contributed by atoms with van der Waals surface area (Å²) < 4.78 is 0. The molecule has 2 aliphatic rings. The van der Waals surface area contributed by atoms with Crippen LogP contribution in [0.5, 0.6) is 0 Å². The van der Waals surface area contributed by atoms with Crippen LogP contribution in [0.3, 0.4) is 0 Å². The van der Waals surface area contributed by atoms with E-state index in [1.54, 1.807) is 0 Å². The lowest BCUT2D eigenvalue weighted by Gasteiger charge is -2.46. The highest BCUT2D eigenvalue weighted by atomic mass is 16.4. The Labute approximate surface area is 77.2 Å². The van der Waals surface area contributed by atoms with Crippen molar-refractivity contribution >= 4 is 6.09 Å². The number of hydrogen-bond acceptors (Lipinski definition) is 2. The van der Waals surface area contributed by atoms with Crippen molar-refractivity contribution in [2.24, 2.45) is 0 Å². The van der Waals surface area contributed by atoms with E-state index in [-0.39, 0.29) is 12.1 Å². The fourth-order valence-electron chi connectivity index (χ4n) is 2.63. The van der Waals surface area contributed by atoms with E-state index in [0.29, 0.717) is 0 Å². The number of carboxylic acid groups (broad SMARTS) is 1. The quantitative estimate of drug-likeness (QED) is 0.592. The Balaban J connectivity index is 2.18. The van der Waals surface area contributed by atoms with Gasteiger partial charge in [-0.3, -0.25) is 4.90 Å². The van der Waals surface area contributed by atoms with Crippen LogP contribution in [-0.4, -0.2) is 39.4 Å². The first kappa shape index (κ1) is 8.81. The van der Waals surface area contributed by atoms with Crippen molar-refractivity contribution in [2.45, 2.75) is 50.3 Å². The van der Waals surface area contributed by atoms with Crippen molar-refractivity contribution in [1.82, 2.24) is 4.90 Å². The molecule has 4 nitrogen and oxygen atoms in total. The van der Waals surface area contributed by atoms with Gasteiger partial charge in [0.1, 0.15) is 0 Å². The number of aliphatic hydroxyl groups is 1. The Kier molecular flexibility index (Phi) is 2.15. The van der Waals surface area contributed by atoms with E-state index >= 15 is 0 Å². The molecule has 0 unspecified atom stereocenters. The van der Waals surface area contributed by atoms with Crippen LogP contribution in [0.2, 0.25) is 0 Å². The maximum absolute atomic E-state index is 10.9. The molecular formula is C9H15NO3. The molecule has 2 N–H and O–H groups in total. The average molecular weight is 185 g/mol. The van der Waals surface area contributed by atoms with Crippen molar-refractivity contribution < 1.29 is 15.0 Å². The van der Waals surface area contributed by atoms with E-state index in [2.05, 4.69) is 0 Å². The third kappa shape index (κ3) is 1.39. The molecule has 0 aromatic rings. The van der Waals surface area contributed by atoms with Crippen molar-refractivity contribution in [3.8, 4) is 0 Å². The molecule has 0 radical (unpaired) electrons. The Hall–Kier alpha value is -0.770. The van der Waals surface area contributed by atoms with Gasteiger partial charge in [0.15, 0.2) is 0 Å². The lowest BCUT2D eigenvalue weighted by Crippen LogP contribution is -2.57. The molecule has 0 aromatic heterocycles. The number of piperidine rings is 2. The molecule has 0 aliphatic carbocycles. The standard InChI is InChI=1S/C9H15NO3/c11-8-5-4-6-2-1-3-7(8)10(6)9(12)13/h6-8,11H,1-5H2,(H,12,13)/t6-,7-,8+/m1/s1. The van der Waals surface area contributed by atoms with Crippen molar-refractivity contribution in [1.29, 1.82) is 0 Å². The second-order valence-corrected chi connectivity index (χ2v) is 3.99. The zero-order valence-electron chi connectivity index (χ0n) is 7.52. The molecule has 1 amide bonds. The molecule has 74 valence electrons. The molecule has 2 bridgehead atoms. The summed E-state index contributed by atoms with van der Waals surface area (Å²) in [5, 5.41) is 18.6. The van der Waals surface area contributed by atoms with Gasteiger partial charge in [0.05, 0.1) is 12.1 Å². The number of nitrogens with zero attached hydrogens (tertiary/aromatic N) is 1. The second-order valence-electron chi connectivity index (χ2n) is 3.99. The minimum Gasteiger partial charge on any atom is -0.465 e. The van der Waals surface area contributed by atoms with Crippen molar-refractivity contribution in [2.75, 3.05) is 0 Å². The number of rotatable bonds is 0. The fourth-order valence-corrected chi connectivity index (χ4v) is 2.63. The van der Waals surface area contributed by atoms with Gasteiger partial charge in [-0.1, -0.05) is 0 Å². The lowest BCUT2D eigenvalue weighted by molar-refractivity contribution is -0.0352. The number of carbonyl (C=O) groups is 1. The van der Waals surface area contributed by atoms with Crippen LogP contribution in [0.25, 0.3) is 0 Å². The van der Waals surface area contributed by atoms with Gasteiger partial charge >= 0.3 is 6.09 Å². The summed E-state index contributed by atoms with van der Waals surface area (Å²) in [7, 11) is 0. The van der Waals surface area contributed by atoms with E-state index in [4.69, 9.17) is 5.11 Å². The lowest BCUT2D eigenvalue weighted by atomic mass is 9.83. The molecule has 13 heavy (non-hydrogen) atoms. The summed E-state index contributed by atoms with van der Waals surface area (Å²) in [5.74, 6) is 0. The van der Waals surface area contributed by atoms with Crippen molar-refractivity contribution in [3.05, 3.63) is 0 Å². The Morgan fingerprint density at radius 1 is 1.23 bits per heavy atom. The third-order valence-electron chi connectivity index (χ3n) is 3.25. The average Bonchev–Trinajstić information content (AvgIpc) is 2.11. The molecule has 2 rings (SSSR count). The van der Waals surface area contributed by atoms with Crippen LogP contribution < -0.4 is 0 Å². The van der Waals surface area contributed by atoms with E-state index in [9.17, 15) is 9.90 Å². The molecule has 3 atom stereocenters. The van der Waals surface area contributed by atoms with Crippen LogP contribution in [-0.2, 0) is 0 Å². The molecule has 0 saturated carbocycles. The molecule has 2 fully saturated rings. The fraction of sp³-hybridized carbons (Fsp3) is 0.889. The van der Waals surface area contributed by atoms with Gasteiger partial charge < -0.3 is 10.2 Å². The summed E-state index contributed by atoms with van der Waals surface area (Å²) in [5.41, 5.74) is 0. The summed E-state index contributed by atoms with van der Waals surface area (Å²) in [6.07, 6.45) is 3.12. The van der Waals surface area contributed by atoms with Crippen LogP contribution in [0.15, 0.2) is 0 Å². The minimum atomic E-state index is -0.867. The Bertz CT molecular complexity index is 219. The number of hydrogen-bond donors (Lipinski definition) is 2. The van der Waals surface area contributed by atoms with Crippen molar-refractivity contribution in [3.63, 3.8) is 0 Å². The minimum absolute atomic E-state index is 0.134. The Morgan fingerprint density at radius 2 is 2.00 bits per heavy atom. The maximum atomic E-state index is 10.9. The highest BCUT2D eigenvalue weighted by molar-refractivity contribution is 5.66. The molecular weight excluding hydrogens is 170 g/mol. The first-order chi connectivity index (χ1) is 6.20. The largest absolute Gasteiger partial charge is 0.465 e. The molecule has 4 heteroatoms. The SMILES string of the molecule is O=C(O)N1[C@@H]2CCC[C@@H]1[C@@H](O)CC2. The maximum Gasteiger partial charge on any atom is 0.407 e. The van der Waals surface area contributed by atoms with Crippen LogP contribution in [0, 0.1) is 0 Å². The molecule has 0 aromatic carbocycles. The molecule has 0 spiro atoms. The van der Waals surface area contributed by atoms with Crippen LogP contribution in [0.1, 0.15) is 32.1 Å². The first-order valence-electron chi connectivity index (χ1n) is 4.89. The normalized spacial score (nSPS) is 38.8. The van der Waals surface area contributed by atoms with Gasteiger partial charge in [-0.15, -0.1) is 0 Å². The third-order valence-corrected chi connectivity index (χ3v) is 3.25. The predicted octanol–water partition coefficient (Wildman–Crippen LogP) is 1.04. The van der Waals surface area contributed by atoms with E-state index in [0.717, 1.165) is 32.1 Å².